The lowest BCUT2D eigenvalue weighted by Crippen LogP contribution is -2.37. The summed E-state index contributed by atoms with van der Waals surface area (Å²) in [5.41, 5.74) is 8.06. The quantitative estimate of drug-likeness (QED) is 0.647. The van der Waals surface area contributed by atoms with Gasteiger partial charge in [-0.05, 0) is 30.2 Å². The number of hydrogen-bond acceptors (Lipinski definition) is 3. The van der Waals surface area contributed by atoms with E-state index >= 15 is 0 Å². The zero-order valence-electron chi connectivity index (χ0n) is 14.2. The molecular weight excluding hydrogens is 321 g/mol. The highest BCUT2D eigenvalue weighted by Gasteiger charge is 2.21. The van der Waals surface area contributed by atoms with Crippen LogP contribution in [0.1, 0.15) is 23.6 Å². The summed E-state index contributed by atoms with van der Waals surface area (Å²) in [6, 6.07) is 12.8. The van der Waals surface area contributed by atoms with Crippen molar-refractivity contribution in [2.24, 2.45) is 10.7 Å². The zero-order valence-corrected chi connectivity index (χ0v) is 14.2. The summed E-state index contributed by atoms with van der Waals surface area (Å²) < 4.78 is 24.0. The zero-order chi connectivity index (χ0) is 17.6. The van der Waals surface area contributed by atoms with E-state index in [-0.39, 0.29) is 17.6 Å². The van der Waals surface area contributed by atoms with E-state index in [0.29, 0.717) is 25.5 Å². The molecule has 1 aliphatic heterocycles. The number of nitrogens with one attached hydrogen (secondary N) is 1. The van der Waals surface area contributed by atoms with E-state index in [1.165, 1.54) is 13.2 Å². The van der Waals surface area contributed by atoms with Gasteiger partial charge in [0.2, 0.25) is 0 Å². The number of rotatable bonds is 5. The number of methoxy groups -OCH3 is 1. The van der Waals surface area contributed by atoms with Crippen molar-refractivity contribution in [3.63, 3.8) is 0 Å². The monoisotopic (exact) mass is 343 g/mol. The number of halogens is 1. The van der Waals surface area contributed by atoms with Crippen molar-refractivity contribution in [3.05, 3.63) is 59.4 Å². The van der Waals surface area contributed by atoms with Crippen molar-refractivity contribution < 1.29 is 13.9 Å². The summed E-state index contributed by atoms with van der Waals surface area (Å²) in [7, 11) is 1.45. The van der Waals surface area contributed by atoms with Crippen LogP contribution in [0.25, 0.3) is 0 Å². The first kappa shape index (κ1) is 17.1. The van der Waals surface area contributed by atoms with Crippen molar-refractivity contribution in [3.8, 4) is 11.5 Å². The van der Waals surface area contributed by atoms with Crippen molar-refractivity contribution in [2.75, 3.05) is 20.3 Å². The number of hydrogen-bond donors (Lipinski definition) is 2. The molecule has 0 aromatic heterocycles. The number of benzene rings is 2. The molecule has 25 heavy (non-hydrogen) atoms. The molecule has 0 bridgehead atoms. The number of nitrogens with zero attached hydrogens (tertiary/aromatic N) is 1. The van der Waals surface area contributed by atoms with Crippen LogP contribution in [-0.4, -0.2) is 26.2 Å². The Morgan fingerprint density at radius 2 is 2.20 bits per heavy atom. The van der Waals surface area contributed by atoms with E-state index in [1.54, 1.807) is 12.1 Å². The Kier molecular flexibility index (Phi) is 5.38. The second-order valence-electron chi connectivity index (χ2n) is 5.86. The summed E-state index contributed by atoms with van der Waals surface area (Å²) >= 11 is 0. The standard InChI is InChI=1S/C19H22FN3O2/c1-24-18-12-13(6-7-15(18)20)8-10-22-19(21)23-16-9-11-25-17-5-3-2-4-14(16)17/h2-7,12,16H,8-11H2,1H3,(H3,21,22,23). The molecule has 0 spiro atoms. The highest BCUT2D eigenvalue weighted by molar-refractivity contribution is 5.78. The lowest BCUT2D eigenvalue weighted by molar-refractivity contribution is 0.262. The van der Waals surface area contributed by atoms with Gasteiger partial charge in [0, 0.05) is 18.5 Å². The van der Waals surface area contributed by atoms with Crippen LogP contribution in [0.15, 0.2) is 47.5 Å². The fourth-order valence-corrected chi connectivity index (χ4v) is 2.88. The molecular formula is C19H22FN3O2. The molecule has 2 aromatic carbocycles. The summed E-state index contributed by atoms with van der Waals surface area (Å²) in [6.45, 7) is 1.16. The number of nitrogens with two attached hydrogens (primary N) is 1. The van der Waals surface area contributed by atoms with Crippen LogP contribution in [0.2, 0.25) is 0 Å². The summed E-state index contributed by atoms with van der Waals surface area (Å²) in [4.78, 5) is 4.37. The molecule has 1 unspecified atom stereocenters. The molecule has 0 aliphatic carbocycles. The third-order valence-corrected chi connectivity index (χ3v) is 4.18. The predicted octanol–water partition coefficient (Wildman–Crippen LogP) is 2.80. The largest absolute Gasteiger partial charge is 0.494 e. The average Bonchev–Trinajstić information content (AvgIpc) is 2.63. The van der Waals surface area contributed by atoms with Crippen LogP contribution in [0.3, 0.4) is 0 Å². The Hall–Kier alpha value is -2.76. The summed E-state index contributed by atoms with van der Waals surface area (Å²) in [5, 5.41) is 3.26. The Balaban J connectivity index is 1.58. The fraction of sp³-hybridized carbons (Fsp3) is 0.316. The molecule has 1 aliphatic rings. The minimum absolute atomic E-state index is 0.0969. The molecule has 132 valence electrons. The van der Waals surface area contributed by atoms with Gasteiger partial charge in [-0.2, -0.15) is 0 Å². The van der Waals surface area contributed by atoms with E-state index < -0.39 is 0 Å². The molecule has 0 fully saturated rings. The maximum Gasteiger partial charge on any atom is 0.189 e. The van der Waals surface area contributed by atoms with Crippen molar-refractivity contribution in [1.82, 2.24) is 5.32 Å². The van der Waals surface area contributed by atoms with E-state index in [9.17, 15) is 4.39 Å². The normalized spacial score (nSPS) is 16.7. The summed E-state index contributed by atoms with van der Waals surface area (Å²) in [5.74, 6) is 1.16. The van der Waals surface area contributed by atoms with Crippen LogP contribution in [0, 0.1) is 5.82 Å². The fourth-order valence-electron chi connectivity index (χ4n) is 2.88. The van der Waals surface area contributed by atoms with Gasteiger partial charge in [0.05, 0.1) is 19.8 Å². The Morgan fingerprint density at radius 3 is 3.04 bits per heavy atom. The van der Waals surface area contributed by atoms with Gasteiger partial charge in [-0.3, -0.25) is 4.99 Å². The van der Waals surface area contributed by atoms with E-state index in [0.717, 1.165) is 23.3 Å². The average molecular weight is 343 g/mol. The van der Waals surface area contributed by atoms with Crippen molar-refractivity contribution in [2.45, 2.75) is 18.9 Å². The second-order valence-corrected chi connectivity index (χ2v) is 5.86. The number of aliphatic imine (C=N–C) groups is 1. The molecule has 0 radical (unpaired) electrons. The van der Waals surface area contributed by atoms with E-state index in [2.05, 4.69) is 10.3 Å². The minimum Gasteiger partial charge on any atom is -0.494 e. The number of para-hydroxylation sites is 1. The van der Waals surface area contributed by atoms with Gasteiger partial charge in [-0.1, -0.05) is 24.3 Å². The molecule has 0 saturated carbocycles. The first-order chi connectivity index (χ1) is 12.2. The lowest BCUT2D eigenvalue weighted by Gasteiger charge is -2.26. The molecule has 1 atom stereocenters. The molecule has 0 amide bonds. The van der Waals surface area contributed by atoms with Crippen LogP contribution in [0.4, 0.5) is 4.39 Å². The SMILES string of the molecule is COc1cc(CCN=C(N)NC2CCOc3ccccc32)ccc1F. The van der Waals surface area contributed by atoms with Gasteiger partial charge in [0.1, 0.15) is 5.75 Å². The molecule has 1 heterocycles. The number of fused-ring (bicyclic) bond motifs is 1. The van der Waals surface area contributed by atoms with Crippen LogP contribution in [-0.2, 0) is 6.42 Å². The minimum atomic E-state index is -0.367. The van der Waals surface area contributed by atoms with Gasteiger partial charge < -0.3 is 20.5 Å². The molecule has 6 heteroatoms. The Morgan fingerprint density at radius 1 is 1.36 bits per heavy atom. The maximum atomic E-state index is 13.4. The van der Waals surface area contributed by atoms with Gasteiger partial charge in [0.25, 0.3) is 0 Å². The molecule has 3 rings (SSSR count). The Labute approximate surface area is 146 Å². The summed E-state index contributed by atoms with van der Waals surface area (Å²) in [6.07, 6.45) is 1.49. The predicted molar refractivity (Wildman–Crippen MR) is 95.6 cm³/mol. The van der Waals surface area contributed by atoms with Crippen molar-refractivity contribution in [1.29, 1.82) is 0 Å². The first-order valence-corrected chi connectivity index (χ1v) is 8.28. The van der Waals surface area contributed by atoms with E-state index in [4.69, 9.17) is 15.2 Å². The van der Waals surface area contributed by atoms with E-state index in [1.807, 2.05) is 24.3 Å². The molecule has 3 N–H and O–H groups in total. The third kappa shape index (κ3) is 4.21. The second kappa shape index (κ2) is 7.88. The molecule has 0 saturated heterocycles. The molecule has 5 nitrogen and oxygen atoms in total. The van der Waals surface area contributed by atoms with Gasteiger partial charge in [-0.15, -0.1) is 0 Å². The van der Waals surface area contributed by atoms with Crippen LogP contribution in [0.5, 0.6) is 11.5 Å². The van der Waals surface area contributed by atoms with Gasteiger partial charge in [-0.25, -0.2) is 4.39 Å². The highest BCUT2D eigenvalue weighted by atomic mass is 19.1. The topological polar surface area (TPSA) is 68.9 Å². The van der Waals surface area contributed by atoms with Crippen LogP contribution >= 0.6 is 0 Å². The van der Waals surface area contributed by atoms with Crippen molar-refractivity contribution >= 4 is 5.96 Å². The highest BCUT2D eigenvalue weighted by Crippen LogP contribution is 2.31. The number of guanidine groups is 1. The third-order valence-electron chi connectivity index (χ3n) is 4.18. The Bertz CT molecular complexity index is 764. The smallest absolute Gasteiger partial charge is 0.189 e. The van der Waals surface area contributed by atoms with Crippen LogP contribution < -0.4 is 20.5 Å². The van der Waals surface area contributed by atoms with Gasteiger partial charge in [0.15, 0.2) is 17.5 Å². The lowest BCUT2D eigenvalue weighted by atomic mass is 10.0. The maximum absolute atomic E-state index is 13.4. The van der Waals surface area contributed by atoms with Gasteiger partial charge >= 0.3 is 0 Å². The first-order valence-electron chi connectivity index (χ1n) is 8.28. The number of ether oxygens (including phenoxy) is 2. The molecule has 2 aromatic rings.